The maximum atomic E-state index is 13.5. The summed E-state index contributed by atoms with van der Waals surface area (Å²) in [4.78, 5) is 18.2. The molecule has 0 spiro atoms. The first kappa shape index (κ1) is 20.8. The van der Waals surface area contributed by atoms with Crippen molar-refractivity contribution < 1.29 is 23.4 Å². The van der Waals surface area contributed by atoms with Gasteiger partial charge in [-0.2, -0.15) is 9.78 Å². The van der Waals surface area contributed by atoms with Crippen LogP contribution >= 0.6 is 0 Å². The van der Waals surface area contributed by atoms with Gasteiger partial charge in [0, 0.05) is 11.6 Å². The van der Waals surface area contributed by atoms with Crippen molar-refractivity contribution in [2.75, 3.05) is 21.0 Å². The molecule has 0 radical (unpaired) electrons. The van der Waals surface area contributed by atoms with Gasteiger partial charge in [0.2, 0.25) is 12.6 Å². The zero-order chi connectivity index (χ0) is 23.9. The molecule has 1 aliphatic heterocycles. The van der Waals surface area contributed by atoms with Gasteiger partial charge in [-0.25, -0.2) is 4.98 Å². The lowest BCUT2D eigenvalue weighted by molar-refractivity contribution is 0.174. The second-order valence-electron chi connectivity index (χ2n) is 7.74. The number of methoxy groups -OCH3 is 2. The average Bonchev–Trinajstić information content (AvgIpc) is 3.53. The first-order valence-electron chi connectivity index (χ1n) is 10.8. The summed E-state index contributed by atoms with van der Waals surface area (Å²) in [7, 11) is 3.14. The lowest BCUT2D eigenvalue weighted by Crippen LogP contribution is -2.20. The summed E-state index contributed by atoms with van der Waals surface area (Å²) >= 11 is 0. The number of rotatable bonds is 5. The van der Waals surface area contributed by atoms with Crippen LogP contribution < -0.4 is 24.5 Å². The predicted molar refractivity (Wildman–Crippen MR) is 130 cm³/mol. The molecule has 5 aromatic rings. The van der Waals surface area contributed by atoms with Crippen molar-refractivity contribution in [1.29, 1.82) is 0 Å². The molecule has 0 atom stereocenters. The van der Waals surface area contributed by atoms with Gasteiger partial charge in [-0.05, 0) is 36.4 Å². The van der Waals surface area contributed by atoms with E-state index in [1.165, 1.54) is 10.9 Å². The number of benzene rings is 3. The van der Waals surface area contributed by atoms with Gasteiger partial charge in [-0.15, -0.1) is 0 Å². The van der Waals surface area contributed by atoms with Gasteiger partial charge in [0.05, 0.1) is 36.7 Å². The number of ether oxygens (including phenoxy) is 4. The van der Waals surface area contributed by atoms with Crippen LogP contribution in [0.15, 0.2) is 75.0 Å². The molecular weight excluding hydrogens is 450 g/mol. The summed E-state index contributed by atoms with van der Waals surface area (Å²) in [6.45, 7) is 0.132. The Balaban J connectivity index is 1.56. The molecule has 1 aliphatic rings. The predicted octanol–water partition coefficient (Wildman–Crippen LogP) is 4.44. The molecule has 3 aromatic carbocycles. The highest BCUT2D eigenvalue weighted by atomic mass is 16.7. The molecule has 9 nitrogen and oxygen atoms in total. The van der Waals surface area contributed by atoms with E-state index in [0.717, 1.165) is 5.39 Å². The Bertz CT molecular complexity index is 1680. The summed E-state index contributed by atoms with van der Waals surface area (Å²) in [6, 6.07) is 17.8. The highest BCUT2D eigenvalue weighted by molar-refractivity contribution is 5.89. The molecule has 3 heterocycles. The van der Waals surface area contributed by atoms with Crippen LogP contribution in [0, 0.1) is 0 Å². The summed E-state index contributed by atoms with van der Waals surface area (Å²) in [5.74, 6) is 2.96. The number of furan rings is 1. The molecule has 0 bridgehead atoms. The maximum absolute atomic E-state index is 13.5. The van der Waals surface area contributed by atoms with Crippen LogP contribution in [-0.2, 0) is 0 Å². The SMILES string of the molecule is COc1cc2c(cc1C=Nn1c(-c3cc4c(OC)cccc4o3)nc3ccccc3c1=O)OCO2. The van der Waals surface area contributed by atoms with Gasteiger partial charge >= 0.3 is 0 Å². The minimum Gasteiger partial charge on any atom is -0.496 e. The first-order chi connectivity index (χ1) is 17.2. The lowest BCUT2D eigenvalue weighted by Gasteiger charge is -2.09. The molecule has 0 fully saturated rings. The fraction of sp³-hybridized carbons (Fsp3) is 0.115. The van der Waals surface area contributed by atoms with E-state index >= 15 is 0 Å². The molecule has 0 saturated carbocycles. The van der Waals surface area contributed by atoms with Gasteiger partial charge in [0.25, 0.3) is 5.56 Å². The van der Waals surface area contributed by atoms with Gasteiger partial charge in [0.1, 0.15) is 17.1 Å². The van der Waals surface area contributed by atoms with E-state index in [1.54, 1.807) is 50.6 Å². The van der Waals surface area contributed by atoms with Gasteiger partial charge < -0.3 is 23.4 Å². The van der Waals surface area contributed by atoms with Crippen molar-refractivity contribution in [1.82, 2.24) is 9.66 Å². The second kappa shape index (κ2) is 8.21. The molecule has 9 heteroatoms. The Morgan fingerprint density at radius 1 is 0.943 bits per heavy atom. The number of aromatic nitrogens is 2. The van der Waals surface area contributed by atoms with Crippen molar-refractivity contribution in [3.05, 3.63) is 76.6 Å². The van der Waals surface area contributed by atoms with Crippen LogP contribution in [0.2, 0.25) is 0 Å². The van der Waals surface area contributed by atoms with Crippen LogP contribution in [0.5, 0.6) is 23.0 Å². The summed E-state index contributed by atoms with van der Waals surface area (Å²) in [6.07, 6.45) is 1.52. The van der Waals surface area contributed by atoms with Crippen LogP contribution in [0.4, 0.5) is 0 Å². The van der Waals surface area contributed by atoms with Crippen molar-refractivity contribution in [3.8, 4) is 34.6 Å². The van der Waals surface area contributed by atoms with Crippen LogP contribution in [0.3, 0.4) is 0 Å². The van der Waals surface area contributed by atoms with Crippen molar-refractivity contribution >= 4 is 28.1 Å². The van der Waals surface area contributed by atoms with E-state index in [1.807, 2.05) is 24.3 Å². The number of hydrogen-bond acceptors (Lipinski definition) is 8. The van der Waals surface area contributed by atoms with E-state index in [9.17, 15) is 4.79 Å². The van der Waals surface area contributed by atoms with Crippen LogP contribution in [-0.4, -0.2) is 36.9 Å². The third-order valence-electron chi connectivity index (χ3n) is 5.75. The number of para-hydroxylation sites is 1. The molecule has 6 rings (SSSR count). The lowest BCUT2D eigenvalue weighted by atomic mass is 10.2. The monoisotopic (exact) mass is 469 g/mol. The zero-order valence-corrected chi connectivity index (χ0v) is 18.8. The minimum atomic E-state index is -0.339. The fourth-order valence-electron chi connectivity index (χ4n) is 4.05. The molecule has 35 heavy (non-hydrogen) atoms. The van der Waals surface area contributed by atoms with Gasteiger partial charge in [-0.1, -0.05) is 18.2 Å². The maximum Gasteiger partial charge on any atom is 0.282 e. The summed E-state index contributed by atoms with van der Waals surface area (Å²) in [5, 5.41) is 5.69. The molecular formula is C26H19N3O6. The zero-order valence-electron chi connectivity index (χ0n) is 18.8. The Hall–Kier alpha value is -4.79. The molecule has 0 amide bonds. The van der Waals surface area contributed by atoms with Gasteiger partial charge in [-0.3, -0.25) is 4.79 Å². The summed E-state index contributed by atoms with van der Waals surface area (Å²) in [5.41, 5.74) is 1.41. The highest BCUT2D eigenvalue weighted by Crippen LogP contribution is 2.37. The first-order valence-corrected chi connectivity index (χ1v) is 10.8. The van der Waals surface area contributed by atoms with Crippen molar-refractivity contribution in [2.45, 2.75) is 0 Å². The van der Waals surface area contributed by atoms with E-state index in [2.05, 4.69) is 5.10 Å². The van der Waals surface area contributed by atoms with Crippen LogP contribution in [0.1, 0.15) is 5.56 Å². The molecule has 0 aliphatic carbocycles. The quantitative estimate of drug-likeness (QED) is 0.351. The second-order valence-corrected chi connectivity index (χ2v) is 7.74. The molecule has 2 aromatic heterocycles. The molecule has 0 saturated heterocycles. The topological polar surface area (TPSA) is 97.3 Å². The molecule has 174 valence electrons. The standard InChI is InChI=1S/C26H19N3O6/c1-31-19-8-5-9-20-17(19)11-24(35-20)25-28-18-7-4-3-6-16(18)26(30)29(25)27-13-15-10-22-23(34-14-33-22)12-21(15)32-2/h3-13H,14H2,1-2H3. The highest BCUT2D eigenvalue weighted by Gasteiger charge is 2.19. The fourth-order valence-corrected chi connectivity index (χ4v) is 4.05. The van der Waals surface area contributed by atoms with E-state index in [4.69, 9.17) is 28.3 Å². The Labute approximate surface area is 198 Å². The molecule has 0 N–H and O–H groups in total. The smallest absolute Gasteiger partial charge is 0.282 e. The van der Waals surface area contributed by atoms with Crippen LogP contribution in [0.25, 0.3) is 33.5 Å². The van der Waals surface area contributed by atoms with Crippen molar-refractivity contribution in [3.63, 3.8) is 0 Å². The minimum absolute atomic E-state index is 0.132. The number of fused-ring (bicyclic) bond motifs is 3. The number of hydrogen-bond donors (Lipinski definition) is 0. The molecule has 0 unspecified atom stereocenters. The van der Waals surface area contributed by atoms with Gasteiger partial charge in [0.15, 0.2) is 17.3 Å². The Kier molecular flexibility index (Phi) is 4.88. The Morgan fingerprint density at radius 2 is 1.74 bits per heavy atom. The van der Waals surface area contributed by atoms with E-state index < -0.39 is 0 Å². The largest absolute Gasteiger partial charge is 0.496 e. The Morgan fingerprint density at radius 3 is 2.57 bits per heavy atom. The van der Waals surface area contributed by atoms with Crippen molar-refractivity contribution in [2.24, 2.45) is 5.10 Å². The van der Waals surface area contributed by atoms with E-state index in [0.29, 0.717) is 50.8 Å². The normalized spacial score (nSPS) is 12.6. The van der Waals surface area contributed by atoms with E-state index in [-0.39, 0.29) is 18.2 Å². The summed E-state index contributed by atoms with van der Waals surface area (Å²) < 4.78 is 29.1. The average molecular weight is 469 g/mol. The third kappa shape index (κ3) is 3.45. The number of nitrogens with zero attached hydrogens (tertiary/aromatic N) is 3. The third-order valence-corrected chi connectivity index (χ3v) is 5.75.